The topological polar surface area (TPSA) is 95.5 Å². The molecule has 0 bridgehead atoms. The van der Waals surface area contributed by atoms with Crippen molar-refractivity contribution in [3.05, 3.63) is 5.01 Å². The van der Waals surface area contributed by atoms with E-state index in [-0.39, 0.29) is 30.7 Å². The first kappa shape index (κ1) is 14.9. The number of nitrogens with one attached hydrogen (secondary N) is 1. The van der Waals surface area contributed by atoms with Crippen molar-refractivity contribution in [2.75, 3.05) is 31.1 Å². The highest BCUT2D eigenvalue weighted by molar-refractivity contribution is 7.15. The van der Waals surface area contributed by atoms with Crippen LogP contribution >= 0.6 is 11.3 Å². The van der Waals surface area contributed by atoms with Crippen LogP contribution in [0.15, 0.2) is 0 Å². The number of carbonyl (C=O) groups excluding carboxylic acids is 3. The van der Waals surface area contributed by atoms with Gasteiger partial charge in [0.05, 0.1) is 12.5 Å². The van der Waals surface area contributed by atoms with E-state index in [0.29, 0.717) is 24.8 Å². The Bertz CT molecular complexity index is 617. The minimum atomic E-state index is -0.414. The maximum absolute atomic E-state index is 12.6. The maximum Gasteiger partial charge on any atom is 0.239 e. The van der Waals surface area contributed by atoms with E-state index in [4.69, 9.17) is 0 Å². The molecule has 1 unspecified atom stereocenters. The van der Waals surface area contributed by atoms with Gasteiger partial charge >= 0.3 is 0 Å². The third kappa shape index (κ3) is 2.94. The van der Waals surface area contributed by atoms with E-state index in [0.717, 1.165) is 11.4 Å². The Hall–Kier alpha value is -2.03. The number of anilines is 1. The predicted molar refractivity (Wildman–Crippen MR) is 79.3 cm³/mol. The van der Waals surface area contributed by atoms with Crippen LogP contribution in [0, 0.1) is 12.8 Å². The van der Waals surface area contributed by atoms with E-state index < -0.39 is 5.92 Å². The number of rotatable bonds is 2. The first-order chi connectivity index (χ1) is 10.5. The SMILES string of the molecule is Cc1nnc(N2CC(C(=O)N3CCCNC(=O)C3)CC2=O)s1. The molecule has 0 aromatic carbocycles. The van der Waals surface area contributed by atoms with Gasteiger partial charge < -0.3 is 10.2 Å². The summed E-state index contributed by atoms with van der Waals surface area (Å²) in [6.45, 7) is 3.33. The minimum absolute atomic E-state index is 0.0709. The fourth-order valence-electron chi connectivity index (χ4n) is 2.71. The Kier molecular flexibility index (Phi) is 4.06. The zero-order chi connectivity index (χ0) is 15.7. The highest BCUT2D eigenvalue weighted by Crippen LogP contribution is 2.28. The number of carbonyl (C=O) groups is 3. The van der Waals surface area contributed by atoms with Crippen molar-refractivity contribution in [2.24, 2.45) is 5.92 Å². The maximum atomic E-state index is 12.6. The highest BCUT2D eigenvalue weighted by atomic mass is 32.1. The second kappa shape index (κ2) is 5.99. The Morgan fingerprint density at radius 3 is 2.91 bits per heavy atom. The number of nitrogens with zero attached hydrogens (tertiary/aromatic N) is 4. The summed E-state index contributed by atoms with van der Waals surface area (Å²) in [5, 5.41) is 11.9. The number of hydrogen-bond donors (Lipinski definition) is 1. The van der Waals surface area contributed by atoms with Crippen LogP contribution in [0.2, 0.25) is 0 Å². The van der Waals surface area contributed by atoms with Gasteiger partial charge in [0.15, 0.2) is 0 Å². The van der Waals surface area contributed by atoms with Crippen LogP contribution in [-0.4, -0.2) is 59.0 Å². The molecule has 1 N–H and O–H groups in total. The Morgan fingerprint density at radius 1 is 1.36 bits per heavy atom. The summed E-state index contributed by atoms with van der Waals surface area (Å²) < 4.78 is 0. The molecular weight excluding hydrogens is 306 g/mol. The highest BCUT2D eigenvalue weighted by Gasteiger charge is 2.39. The van der Waals surface area contributed by atoms with Crippen molar-refractivity contribution in [2.45, 2.75) is 19.8 Å². The summed E-state index contributed by atoms with van der Waals surface area (Å²) in [6, 6.07) is 0. The molecule has 8 nitrogen and oxygen atoms in total. The molecule has 0 saturated carbocycles. The molecule has 2 saturated heterocycles. The van der Waals surface area contributed by atoms with Crippen LogP contribution in [0.1, 0.15) is 17.8 Å². The lowest BCUT2D eigenvalue weighted by atomic mass is 10.1. The first-order valence-corrected chi connectivity index (χ1v) is 8.02. The Balaban J connectivity index is 1.69. The van der Waals surface area contributed by atoms with Gasteiger partial charge in [-0.15, -0.1) is 10.2 Å². The summed E-state index contributed by atoms with van der Waals surface area (Å²) >= 11 is 1.34. The van der Waals surface area contributed by atoms with Gasteiger partial charge in [-0.1, -0.05) is 11.3 Å². The minimum Gasteiger partial charge on any atom is -0.354 e. The van der Waals surface area contributed by atoms with Crippen molar-refractivity contribution in [1.82, 2.24) is 20.4 Å². The first-order valence-electron chi connectivity index (χ1n) is 7.20. The average Bonchev–Trinajstić information content (AvgIpc) is 3.00. The molecule has 3 heterocycles. The number of amides is 3. The largest absolute Gasteiger partial charge is 0.354 e. The predicted octanol–water partition coefficient (Wildman–Crippen LogP) is -0.452. The molecule has 22 heavy (non-hydrogen) atoms. The summed E-state index contributed by atoms with van der Waals surface area (Å²) in [5.74, 6) is -0.808. The number of aromatic nitrogens is 2. The van der Waals surface area contributed by atoms with Gasteiger partial charge in [-0.2, -0.15) is 0 Å². The molecule has 2 aliphatic rings. The number of aryl methyl sites for hydroxylation is 1. The summed E-state index contributed by atoms with van der Waals surface area (Å²) in [7, 11) is 0. The molecule has 9 heteroatoms. The summed E-state index contributed by atoms with van der Waals surface area (Å²) in [4.78, 5) is 39.3. The van der Waals surface area contributed by atoms with Crippen LogP contribution in [0.3, 0.4) is 0 Å². The van der Waals surface area contributed by atoms with E-state index >= 15 is 0 Å². The standard InChI is InChI=1S/C13H17N5O3S/c1-8-15-16-13(22-8)18-6-9(5-11(18)20)12(21)17-4-2-3-14-10(19)7-17/h9H,2-7H2,1H3,(H,14,19). The zero-order valence-corrected chi connectivity index (χ0v) is 13.1. The van der Waals surface area contributed by atoms with Crippen molar-refractivity contribution in [1.29, 1.82) is 0 Å². The van der Waals surface area contributed by atoms with Gasteiger partial charge in [-0.3, -0.25) is 19.3 Å². The smallest absolute Gasteiger partial charge is 0.239 e. The molecular formula is C13H17N5O3S. The molecule has 1 aromatic rings. The van der Waals surface area contributed by atoms with Gasteiger partial charge in [0.1, 0.15) is 5.01 Å². The third-order valence-corrected chi connectivity index (χ3v) is 4.66. The van der Waals surface area contributed by atoms with Crippen molar-refractivity contribution >= 4 is 34.2 Å². The molecule has 118 valence electrons. The fourth-order valence-corrected chi connectivity index (χ4v) is 3.42. The fraction of sp³-hybridized carbons (Fsp3) is 0.615. The Labute approximate surface area is 131 Å². The molecule has 2 aliphatic heterocycles. The quantitative estimate of drug-likeness (QED) is 0.795. The molecule has 0 spiro atoms. The van der Waals surface area contributed by atoms with Gasteiger partial charge in [-0.05, 0) is 13.3 Å². The van der Waals surface area contributed by atoms with Crippen molar-refractivity contribution < 1.29 is 14.4 Å². The van der Waals surface area contributed by atoms with Crippen LogP contribution < -0.4 is 10.2 Å². The Morgan fingerprint density at radius 2 is 2.18 bits per heavy atom. The second-order valence-corrected chi connectivity index (χ2v) is 6.63. The van der Waals surface area contributed by atoms with Gasteiger partial charge in [-0.25, -0.2) is 0 Å². The van der Waals surface area contributed by atoms with Crippen molar-refractivity contribution in [3.8, 4) is 0 Å². The van der Waals surface area contributed by atoms with E-state index in [1.807, 2.05) is 6.92 Å². The molecule has 3 amide bonds. The summed E-state index contributed by atoms with van der Waals surface area (Å²) in [6.07, 6.45) is 0.896. The average molecular weight is 323 g/mol. The second-order valence-electron chi connectivity index (χ2n) is 5.47. The zero-order valence-electron chi connectivity index (χ0n) is 12.2. The van der Waals surface area contributed by atoms with E-state index in [1.165, 1.54) is 16.2 Å². The van der Waals surface area contributed by atoms with E-state index in [1.54, 1.807) is 4.90 Å². The van der Waals surface area contributed by atoms with Gasteiger partial charge in [0.25, 0.3) is 0 Å². The molecule has 3 rings (SSSR count). The lowest BCUT2D eigenvalue weighted by molar-refractivity contribution is -0.138. The van der Waals surface area contributed by atoms with Gasteiger partial charge in [0, 0.05) is 26.1 Å². The van der Waals surface area contributed by atoms with Gasteiger partial charge in [0.2, 0.25) is 22.9 Å². The third-order valence-electron chi connectivity index (χ3n) is 3.79. The molecule has 1 atom stereocenters. The van der Waals surface area contributed by atoms with Crippen LogP contribution in [0.25, 0.3) is 0 Å². The lowest BCUT2D eigenvalue weighted by Crippen LogP contribution is -2.41. The van der Waals surface area contributed by atoms with Crippen molar-refractivity contribution in [3.63, 3.8) is 0 Å². The van der Waals surface area contributed by atoms with Crippen LogP contribution in [0.4, 0.5) is 5.13 Å². The van der Waals surface area contributed by atoms with E-state index in [9.17, 15) is 14.4 Å². The summed E-state index contributed by atoms with van der Waals surface area (Å²) in [5.41, 5.74) is 0. The molecule has 0 radical (unpaired) electrons. The molecule has 2 fully saturated rings. The molecule has 0 aliphatic carbocycles. The van der Waals surface area contributed by atoms with Crippen LogP contribution in [0.5, 0.6) is 0 Å². The monoisotopic (exact) mass is 323 g/mol. The number of hydrogen-bond acceptors (Lipinski definition) is 6. The lowest BCUT2D eigenvalue weighted by Gasteiger charge is -2.22. The van der Waals surface area contributed by atoms with E-state index in [2.05, 4.69) is 15.5 Å². The van der Waals surface area contributed by atoms with Crippen LogP contribution in [-0.2, 0) is 14.4 Å². The normalized spacial score (nSPS) is 22.7. The molecule has 1 aromatic heterocycles.